The smallest absolute Gasteiger partial charge is 0.275 e. The summed E-state index contributed by atoms with van der Waals surface area (Å²) in [7, 11) is 1.07. The van der Waals surface area contributed by atoms with Gasteiger partial charge in [-0.05, 0) is 18.2 Å². The second-order valence-electron chi connectivity index (χ2n) is 3.41. The predicted octanol–water partition coefficient (Wildman–Crippen LogP) is 2.46. The minimum absolute atomic E-state index is 0.151. The number of thiazole rings is 1. The molecule has 1 N–H and O–H groups in total. The number of aromatic nitrogens is 1. The van der Waals surface area contributed by atoms with Crippen LogP contribution in [0, 0.1) is 5.82 Å². The van der Waals surface area contributed by atoms with Gasteiger partial charge in [0.05, 0.1) is 16.1 Å². The predicted molar refractivity (Wildman–Crippen MR) is 69.5 cm³/mol. The van der Waals surface area contributed by atoms with Gasteiger partial charge < -0.3 is 5.32 Å². The second kappa shape index (κ2) is 5.24. The first-order valence-corrected chi connectivity index (χ1v) is 8.07. The second-order valence-corrected chi connectivity index (χ2v) is 6.69. The molecule has 0 fully saturated rings. The number of nitrogens with one attached hydrogen (secondary N) is 1. The van der Waals surface area contributed by atoms with Crippen LogP contribution in [0.5, 0.6) is 0 Å². The molecule has 0 radical (unpaired) electrons. The molecule has 0 aliphatic heterocycles. The van der Waals surface area contributed by atoms with Crippen LogP contribution in [-0.2, 0) is 9.05 Å². The van der Waals surface area contributed by atoms with Crippen molar-refractivity contribution in [3.8, 4) is 0 Å². The lowest BCUT2D eigenvalue weighted by Gasteiger charge is -2.05. The van der Waals surface area contributed by atoms with Gasteiger partial charge in [-0.25, -0.2) is 17.8 Å². The summed E-state index contributed by atoms with van der Waals surface area (Å²) in [5.74, 6) is -1.48. The van der Waals surface area contributed by atoms with E-state index in [0.717, 1.165) is 18.2 Å². The summed E-state index contributed by atoms with van der Waals surface area (Å²) in [4.78, 5) is 15.0. The lowest BCUT2D eigenvalue weighted by molar-refractivity contribution is 0.102. The monoisotopic (exact) mass is 320 g/mol. The fraction of sp³-hybridized carbons (Fsp3) is 0. The van der Waals surface area contributed by atoms with Crippen molar-refractivity contribution in [3.63, 3.8) is 0 Å². The van der Waals surface area contributed by atoms with Crippen molar-refractivity contribution in [2.75, 3.05) is 5.32 Å². The third kappa shape index (κ3) is 3.28. The number of benzene rings is 1. The molecule has 9 heteroatoms. The van der Waals surface area contributed by atoms with E-state index in [1.54, 1.807) is 0 Å². The highest BCUT2D eigenvalue weighted by molar-refractivity contribution is 8.13. The number of halogens is 2. The van der Waals surface area contributed by atoms with Gasteiger partial charge >= 0.3 is 0 Å². The Bertz CT molecular complexity index is 716. The van der Waals surface area contributed by atoms with Crippen LogP contribution in [0.15, 0.2) is 34.0 Å². The van der Waals surface area contributed by atoms with Crippen molar-refractivity contribution < 1.29 is 17.6 Å². The summed E-state index contributed by atoms with van der Waals surface area (Å²) in [5.41, 5.74) is 1.47. The minimum Gasteiger partial charge on any atom is -0.318 e. The van der Waals surface area contributed by atoms with E-state index in [1.807, 2.05) is 0 Å². The number of hydrogen-bond donors (Lipinski definition) is 1. The molecule has 1 aromatic carbocycles. The largest absolute Gasteiger partial charge is 0.318 e. The number of rotatable bonds is 3. The maximum Gasteiger partial charge on any atom is 0.275 e. The van der Waals surface area contributed by atoms with Crippen molar-refractivity contribution in [2.45, 2.75) is 4.90 Å². The van der Waals surface area contributed by atoms with Crippen molar-refractivity contribution in [3.05, 3.63) is 40.6 Å². The summed E-state index contributed by atoms with van der Waals surface area (Å²) in [6, 6.07) is 2.95. The highest BCUT2D eigenvalue weighted by Crippen LogP contribution is 2.22. The average Bonchev–Trinajstić information content (AvgIpc) is 2.84. The van der Waals surface area contributed by atoms with E-state index in [0.29, 0.717) is 0 Å². The molecule has 2 aromatic rings. The molecule has 2 rings (SSSR count). The average molecular weight is 321 g/mol. The number of nitrogens with zero attached hydrogens (tertiary/aromatic N) is 1. The van der Waals surface area contributed by atoms with Crippen LogP contribution in [0.2, 0.25) is 0 Å². The molecule has 0 saturated heterocycles. The lowest BCUT2D eigenvalue weighted by atomic mass is 10.3. The summed E-state index contributed by atoms with van der Waals surface area (Å²) in [6.07, 6.45) is 0. The van der Waals surface area contributed by atoms with Gasteiger partial charge in [0.25, 0.3) is 15.0 Å². The summed E-state index contributed by atoms with van der Waals surface area (Å²) < 4.78 is 35.6. The van der Waals surface area contributed by atoms with E-state index in [4.69, 9.17) is 10.7 Å². The van der Waals surface area contributed by atoms with Gasteiger partial charge in [0.1, 0.15) is 11.5 Å². The first-order valence-electron chi connectivity index (χ1n) is 4.81. The minimum atomic E-state index is -4.00. The molecule has 1 amide bonds. The number of hydrogen-bond acceptors (Lipinski definition) is 5. The molecule has 1 aromatic heterocycles. The maximum atomic E-state index is 13.6. The Kier molecular flexibility index (Phi) is 3.83. The molecule has 0 saturated carbocycles. The van der Waals surface area contributed by atoms with Gasteiger partial charge in [-0.3, -0.25) is 4.79 Å². The summed E-state index contributed by atoms with van der Waals surface area (Å²) in [5, 5.41) is 3.79. The quantitative estimate of drug-likeness (QED) is 0.881. The zero-order valence-electron chi connectivity index (χ0n) is 9.13. The maximum absolute atomic E-state index is 13.6. The zero-order chi connectivity index (χ0) is 14.0. The van der Waals surface area contributed by atoms with E-state index in [-0.39, 0.29) is 16.3 Å². The van der Waals surface area contributed by atoms with Crippen molar-refractivity contribution in [1.29, 1.82) is 0 Å². The molecule has 0 atom stereocenters. The van der Waals surface area contributed by atoms with Crippen molar-refractivity contribution in [1.82, 2.24) is 4.98 Å². The highest BCUT2D eigenvalue weighted by atomic mass is 35.7. The Morgan fingerprint density at radius 3 is 2.68 bits per heavy atom. The molecule has 1 heterocycles. The van der Waals surface area contributed by atoms with Gasteiger partial charge in [-0.15, -0.1) is 11.3 Å². The first-order chi connectivity index (χ1) is 8.88. The molecule has 0 spiro atoms. The van der Waals surface area contributed by atoms with E-state index in [1.165, 1.54) is 22.2 Å². The number of amides is 1. The van der Waals surface area contributed by atoms with E-state index in [2.05, 4.69) is 10.3 Å². The number of carbonyl (C=O) groups is 1. The Balaban J connectivity index is 2.25. The van der Waals surface area contributed by atoms with Crippen LogP contribution in [0.25, 0.3) is 0 Å². The molecule has 100 valence electrons. The molecule has 0 bridgehead atoms. The van der Waals surface area contributed by atoms with E-state index >= 15 is 0 Å². The molecule has 0 aliphatic carbocycles. The Morgan fingerprint density at radius 1 is 1.42 bits per heavy atom. The molecular weight excluding hydrogens is 315 g/mol. The molecule has 5 nitrogen and oxygen atoms in total. The Labute approximate surface area is 116 Å². The third-order valence-corrected chi connectivity index (χ3v) is 4.07. The molecule has 19 heavy (non-hydrogen) atoms. The molecular formula is C10H6ClFN2O3S2. The summed E-state index contributed by atoms with van der Waals surface area (Å²) >= 11 is 1.23. The van der Waals surface area contributed by atoms with Gasteiger partial charge in [0.15, 0.2) is 0 Å². The van der Waals surface area contributed by atoms with Crippen LogP contribution in [0.3, 0.4) is 0 Å². The molecule has 0 unspecified atom stereocenters. The van der Waals surface area contributed by atoms with Gasteiger partial charge in [-0.2, -0.15) is 0 Å². The van der Waals surface area contributed by atoms with Crippen molar-refractivity contribution in [2.24, 2.45) is 0 Å². The Hall–Kier alpha value is -1.51. The topological polar surface area (TPSA) is 76.1 Å². The fourth-order valence-corrected chi connectivity index (χ4v) is 2.55. The van der Waals surface area contributed by atoms with Gasteiger partial charge in [-0.1, -0.05) is 0 Å². The third-order valence-electron chi connectivity index (χ3n) is 2.14. The lowest BCUT2D eigenvalue weighted by Crippen LogP contribution is -2.13. The van der Waals surface area contributed by atoms with Crippen LogP contribution in [-0.4, -0.2) is 19.3 Å². The number of carbonyl (C=O) groups excluding carboxylic acids is 1. The van der Waals surface area contributed by atoms with Crippen LogP contribution >= 0.6 is 22.0 Å². The van der Waals surface area contributed by atoms with Crippen LogP contribution in [0.1, 0.15) is 10.5 Å². The fourth-order valence-electron chi connectivity index (χ4n) is 1.26. The van der Waals surface area contributed by atoms with E-state index < -0.39 is 20.8 Å². The highest BCUT2D eigenvalue weighted by Gasteiger charge is 2.15. The number of anilines is 1. The van der Waals surface area contributed by atoms with Gasteiger partial charge in [0.2, 0.25) is 0 Å². The first kappa shape index (κ1) is 13.9. The van der Waals surface area contributed by atoms with E-state index in [9.17, 15) is 17.6 Å². The van der Waals surface area contributed by atoms with Crippen LogP contribution < -0.4 is 5.32 Å². The van der Waals surface area contributed by atoms with Crippen LogP contribution in [0.4, 0.5) is 10.1 Å². The standard InChI is InChI=1S/C10H6ClFN2O3S2/c11-19(16,17)6-1-2-8(7(12)3-6)14-10(15)9-4-18-5-13-9/h1-5H,(H,14,15). The van der Waals surface area contributed by atoms with Gasteiger partial charge in [0, 0.05) is 16.1 Å². The zero-order valence-corrected chi connectivity index (χ0v) is 11.5. The Morgan fingerprint density at radius 2 is 2.16 bits per heavy atom. The van der Waals surface area contributed by atoms with Crippen molar-refractivity contribution >= 4 is 42.7 Å². The molecule has 0 aliphatic rings. The summed E-state index contributed by atoms with van der Waals surface area (Å²) in [6.45, 7) is 0. The SMILES string of the molecule is O=C(Nc1ccc(S(=O)(=O)Cl)cc1F)c1cscn1. The normalized spacial score (nSPS) is 11.3.